The van der Waals surface area contributed by atoms with Gasteiger partial charge in [0.1, 0.15) is 0 Å². The number of rotatable bonds is 6. The number of amides is 2. The van der Waals surface area contributed by atoms with Crippen molar-refractivity contribution in [1.82, 2.24) is 20.4 Å². The predicted molar refractivity (Wildman–Crippen MR) is 112 cm³/mol. The second kappa shape index (κ2) is 9.34. The average molecular weight is 495 g/mol. The van der Waals surface area contributed by atoms with Crippen molar-refractivity contribution in [1.29, 1.82) is 0 Å². The van der Waals surface area contributed by atoms with Crippen LogP contribution in [0.4, 0.5) is 13.2 Å². The fourth-order valence-corrected chi connectivity index (χ4v) is 3.10. The normalized spacial score (nSPS) is 11.3. The summed E-state index contributed by atoms with van der Waals surface area (Å²) in [5.41, 5.74) is 1.15. The zero-order valence-electron chi connectivity index (χ0n) is 16.3. The molecule has 2 amide bonds. The van der Waals surface area contributed by atoms with Gasteiger partial charge >= 0.3 is 6.18 Å². The van der Waals surface area contributed by atoms with Crippen LogP contribution in [0.2, 0.25) is 0 Å². The molecule has 0 unspecified atom stereocenters. The third-order valence-corrected chi connectivity index (χ3v) is 5.02. The van der Waals surface area contributed by atoms with Gasteiger partial charge in [-0.1, -0.05) is 15.9 Å². The Morgan fingerprint density at radius 1 is 0.968 bits per heavy atom. The van der Waals surface area contributed by atoms with E-state index in [-0.39, 0.29) is 24.6 Å². The van der Waals surface area contributed by atoms with Gasteiger partial charge < -0.3 is 10.6 Å². The Morgan fingerprint density at radius 2 is 1.55 bits per heavy atom. The first-order valence-corrected chi connectivity index (χ1v) is 10.0. The minimum atomic E-state index is -4.46. The van der Waals surface area contributed by atoms with Crippen LogP contribution in [0.15, 0.2) is 59.2 Å². The molecule has 3 rings (SSSR count). The highest BCUT2D eigenvalue weighted by atomic mass is 79.9. The van der Waals surface area contributed by atoms with Crippen LogP contribution in [0.25, 0.3) is 5.69 Å². The zero-order chi connectivity index (χ0) is 22.6. The average Bonchev–Trinajstić information content (AvgIpc) is 3.12. The third kappa shape index (κ3) is 5.52. The zero-order valence-corrected chi connectivity index (χ0v) is 17.9. The highest BCUT2D eigenvalue weighted by Gasteiger charge is 2.30. The fourth-order valence-electron chi connectivity index (χ4n) is 2.84. The molecule has 3 aromatic rings. The lowest BCUT2D eigenvalue weighted by Gasteiger charge is -2.09. The summed E-state index contributed by atoms with van der Waals surface area (Å²) in [6, 6.07) is 11.4. The summed E-state index contributed by atoms with van der Waals surface area (Å²) in [5.74, 6) is -0.869. The Hall–Kier alpha value is -3.14. The molecule has 0 spiro atoms. The lowest BCUT2D eigenvalue weighted by atomic mass is 10.1. The van der Waals surface area contributed by atoms with E-state index in [1.165, 1.54) is 6.20 Å². The molecule has 31 heavy (non-hydrogen) atoms. The van der Waals surface area contributed by atoms with Crippen molar-refractivity contribution < 1.29 is 22.8 Å². The van der Waals surface area contributed by atoms with Gasteiger partial charge in [-0.2, -0.15) is 18.3 Å². The van der Waals surface area contributed by atoms with Gasteiger partial charge in [-0.15, -0.1) is 0 Å². The van der Waals surface area contributed by atoms with Crippen LogP contribution >= 0.6 is 15.9 Å². The summed E-state index contributed by atoms with van der Waals surface area (Å²) in [6.07, 6.45) is -2.99. The molecular formula is C21H18BrF3N4O2. The van der Waals surface area contributed by atoms with Crippen LogP contribution in [-0.4, -0.2) is 34.7 Å². The minimum absolute atomic E-state index is 0.103. The van der Waals surface area contributed by atoms with Crippen LogP contribution in [0, 0.1) is 6.92 Å². The minimum Gasteiger partial charge on any atom is -0.350 e. The van der Waals surface area contributed by atoms with E-state index in [0.29, 0.717) is 11.3 Å². The van der Waals surface area contributed by atoms with Gasteiger partial charge in [0.15, 0.2) is 0 Å². The highest BCUT2D eigenvalue weighted by Crippen LogP contribution is 2.29. The maximum atomic E-state index is 12.6. The van der Waals surface area contributed by atoms with Crippen LogP contribution in [0.5, 0.6) is 0 Å². The number of benzene rings is 2. The second-order valence-electron chi connectivity index (χ2n) is 6.62. The van der Waals surface area contributed by atoms with Gasteiger partial charge in [-0.25, -0.2) is 4.68 Å². The molecule has 1 heterocycles. The Kier molecular flexibility index (Phi) is 6.79. The Bertz CT molecular complexity index is 1080. The fraction of sp³-hybridized carbons (Fsp3) is 0.190. The molecule has 0 saturated heterocycles. The number of nitrogens with one attached hydrogen (secondary N) is 2. The lowest BCUT2D eigenvalue weighted by molar-refractivity contribution is -0.137. The molecule has 0 fully saturated rings. The molecule has 0 saturated carbocycles. The number of carbonyl (C=O) groups excluding carboxylic acids is 2. The summed E-state index contributed by atoms with van der Waals surface area (Å²) in [7, 11) is 0. The Labute approximate surface area is 184 Å². The SMILES string of the molecule is Cc1c(C(=O)NCCNC(=O)c2ccc(C(F)(F)F)cc2)cnn1-c1ccc(Br)cc1. The van der Waals surface area contributed by atoms with Crippen LogP contribution < -0.4 is 10.6 Å². The van der Waals surface area contributed by atoms with Gasteiger partial charge in [0.2, 0.25) is 0 Å². The number of hydrogen-bond acceptors (Lipinski definition) is 3. The third-order valence-electron chi connectivity index (χ3n) is 4.50. The first-order valence-electron chi connectivity index (χ1n) is 9.21. The highest BCUT2D eigenvalue weighted by molar-refractivity contribution is 9.10. The first kappa shape index (κ1) is 22.5. The molecule has 162 valence electrons. The first-order chi connectivity index (χ1) is 14.7. The van der Waals surface area contributed by atoms with Crippen molar-refractivity contribution in [2.75, 3.05) is 13.1 Å². The van der Waals surface area contributed by atoms with E-state index < -0.39 is 17.6 Å². The van der Waals surface area contributed by atoms with Crippen molar-refractivity contribution in [3.05, 3.63) is 81.6 Å². The standard InChI is InChI=1S/C21H18BrF3N4O2/c1-13-18(12-28-29(13)17-8-6-16(22)7-9-17)20(31)27-11-10-26-19(30)14-2-4-15(5-3-14)21(23,24)25/h2-9,12H,10-11H2,1H3,(H,26,30)(H,27,31). The molecule has 2 N–H and O–H groups in total. The second-order valence-corrected chi connectivity index (χ2v) is 7.53. The number of hydrogen-bond donors (Lipinski definition) is 2. The van der Waals surface area contributed by atoms with Crippen LogP contribution in [0.3, 0.4) is 0 Å². The largest absolute Gasteiger partial charge is 0.416 e. The van der Waals surface area contributed by atoms with E-state index in [2.05, 4.69) is 31.7 Å². The van der Waals surface area contributed by atoms with Crippen molar-refractivity contribution in [2.24, 2.45) is 0 Å². The summed E-state index contributed by atoms with van der Waals surface area (Å²) in [6.45, 7) is 2.04. The van der Waals surface area contributed by atoms with Crippen molar-refractivity contribution in [3.63, 3.8) is 0 Å². The van der Waals surface area contributed by atoms with E-state index >= 15 is 0 Å². The smallest absolute Gasteiger partial charge is 0.350 e. The van der Waals surface area contributed by atoms with Crippen molar-refractivity contribution >= 4 is 27.7 Å². The number of aromatic nitrogens is 2. The molecule has 0 radical (unpaired) electrons. The Morgan fingerprint density at radius 3 is 2.13 bits per heavy atom. The summed E-state index contributed by atoms with van der Waals surface area (Å²) >= 11 is 3.37. The van der Waals surface area contributed by atoms with E-state index in [0.717, 1.165) is 34.4 Å². The summed E-state index contributed by atoms with van der Waals surface area (Å²) < 4.78 is 40.3. The van der Waals surface area contributed by atoms with Gasteiger partial charge in [-0.05, 0) is 55.5 Å². The van der Waals surface area contributed by atoms with Crippen LogP contribution in [0.1, 0.15) is 32.0 Å². The summed E-state index contributed by atoms with van der Waals surface area (Å²) in [5, 5.41) is 9.49. The van der Waals surface area contributed by atoms with Gasteiger partial charge in [0, 0.05) is 23.1 Å². The molecule has 0 atom stereocenters. The van der Waals surface area contributed by atoms with Crippen molar-refractivity contribution in [3.8, 4) is 5.69 Å². The number of halogens is 4. The van der Waals surface area contributed by atoms with Crippen LogP contribution in [-0.2, 0) is 6.18 Å². The number of alkyl halides is 3. The maximum Gasteiger partial charge on any atom is 0.416 e. The van der Waals surface area contributed by atoms with E-state index in [1.54, 1.807) is 11.6 Å². The van der Waals surface area contributed by atoms with E-state index in [9.17, 15) is 22.8 Å². The molecule has 6 nitrogen and oxygen atoms in total. The van der Waals surface area contributed by atoms with Crippen molar-refractivity contribution in [2.45, 2.75) is 13.1 Å². The summed E-state index contributed by atoms with van der Waals surface area (Å²) in [4.78, 5) is 24.5. The molecule has 0 aliphatic rings. The molecule has 0 aliphatic carbocycles. The lowest BCUT2D eigenvalue weighted by Crippen LogP contribution is -2.34. The maximum absolute atomic E-state index is 12.6. The molecule has 10 heteroatoms. The quantitative estimate of drug-likeness (QED) is 0.506. The van der Waals surface area contributed by atoms with Gasteiger partial charge in [0.05, 0.1) is 28.7 Å². The van der Waals surface area contributed by atoms with E-state index in [1.807, 2.05) is 24.3 Å². The number of nitrogens with zero attached hydrogens (tertiary/aromatic N) is 2. The molecule has 1 aromatic heterocycles. The molecule has 0 bridgehead atoms. The number of carbonyl (C=O) groups is 2. The molecular weight excluding hydrogens is 477 g/mol. The van der Waals surface area contributed by atoms with Gasteiger partial charge in [0.25, 0.3) is 11.8 Å². The molecule has 2 aromatic carbocycles. The van der Waals surface area contributed by atoms with Gasteiger partial charge in [-0.3, -0.25) is 9.59 Å². The monoisotopic (exact) mass is 494 g/mol. The molecule has 0 aliphatic heterocycles. The Balaban J connectivity index is 1.51. The predicted octanol–water partition coefficient (Wildman–Crippen LogP) is 4.12. The topological polar surface area (TPSA) is 76.0 Å². The van der Waals surface area contributed by atoms with E-state index in [4.69, 9.17) is 0 Å².